The number of sulfonamides is 1. The molecule has 0 amide bonds. The molecular formula is C13H15NO2S3. The second kappa shape index (κ2) is 4.70. The second-order valence-corrected chi connectivity index (χ2v) is 9.11. The molecule has 3 heterocycles. The molecule has 1 aliphatic heterocycles. The standard InChI is InChI=1S/C13H15NO2S3/c1-9-3-4-13(18-9)19(15,16)14-7-5-12-11(10(14)2)6-8-17-12/h3-4,6,8,10H,5,7H2,1-2H3. The van der Waals surface area contributed by atoms with Crippen LogP contribution in [0, 0.1) is 6.92 Å². The second-order valence-electron chi connectivity index (χ2n) is 4.71. The Hall–Kier alpha value is -0.690. The molecule has 0 saturated heterocycles. The summed E-state index contributed by atoms with van der Waals surface area (Å²) in [4.78, 5) is 2.35. The number of thiophene rings is 2. The van der Waals surface area contributed by atoms with Gasteiger partial charge in [-0.05, 0) is 49.4 Å². The van der Waals surface area contributed by atoms with Crippen LogP contribution >= 0.6 is 22.7 Å². The molecule has 0 radical (unpaired) electrons. The highest BCUT2D eigenvalue weighted by Gasteiger charge is 2.34. The molecule has 19 heavy (non-hydrogen) atoms. The van der Waals surface area contributed by atoms with Crippen molar-refractivity contribution in [3.8, 4) is 0 Å². The Bertz CT molecular complexity index is 699. The molecule has 1 unspecified atom stereocenters. The molecule has 0 aromatic carbocycles. The maximum absolute atomic E-state index is 12.7. The summed E-state index contributed by atoms with van der Waals surface area (Å²) in [5, 5.41) is 2.05. The van der Waals surface area contributed by atoms with Crippen LogP contribution in [0.1, 0.15) is 28.3 Å². The zero-order valence-corrected chi connectivity index (χ0v) is 13.2. The summed E-state index contributed by atoms with van der Waals surface area (Å²) < 4.78 is 27.5. The molecule has 2 aromatic rings. The molecule has 0 fully saturated rings. The van der Waals surface area contributed by atoms with E-state index >= 15 is 0 Å². The third-order valence-corrected chi connectivity index (χ3v) is 7.93. The maximum atomic E-state index is 12.7. The van der Waals surface area contributed by atoms with Crippen molar-refractivity contribution in [2.24, 2.45) is 0 Å². The Morgan fingerprint density at radius 1 is 1.32 bits per heavy atom. The quantitative estimate of drug-likeness (QED) is 0.852. The van der Waals surface area contributed by atoms with Gasteiger partial charge in [0.1, 0.15) is 4.21 Å². The van der Waals surface area contributed by atoms with E-state index in [0.717, 1.165) is 16.9 Å². The molecule has 2 aromatic heterocycles. The monoisotopic (exact) mass is 313 g/mol. The van der Waals surface area contributed by atoms with Crippen molar-refractivity contribution in [3.05, 3.63) is 38.9 Å². The molecule has 1 atom stereocenters. The van der Waals surface area contributed by atoms with Gasteiger partial charge in [0.2, 0.25) is 0 Å². The average molecular weight is 313 g/mol. The van der Waals surface area contributed by atoms with E-state index in [4.69, 9.17) is 0 Å². The van der Waals surface area contributed by atoms with E-state index in [2.05, 4.69) is 0 Å². The molecule has 0 saturated carbocycles. The molecule has 3 rings (SSSR count). The first-order chi connectivity index (χ1) is 9.00. The normalized spacial score (nSPS) is 20.4. The summed E-state index contributed by atoms with van der Waals surface area (Å²) >= 11 is 3.07. The van der Waals surface area contributed by atoms with Crippen LogP contribution in [0.3, 0.4) is 0 Å². The van der Waals surface area contributed by atoms with Crippen molar-refractivity contribution in [1.82, 2.24) is 4.31 Å². The summed E-state index contributed by atoms with van der Waals surface area (Å²) in [6, 6.07) is 5.56. The van der Waals surface area contributed by atoms with E-state index in [0.29, 0.717) is 10.8 Å². The van der Waals surface area contributed by atoms with E-state index in [1.54, 1.807) is 21.7 Å². The number of fused-ring (bicyclic) bond motifs is 1. The minimum Gasteiger partial charge on any atom is -0.206 e. The van der Waals surface area contributed by atoms with Crippen LogP contribution < -0.4 is 0 Å². The number of nitrogens with zero attached hydrogens (tertiary/aromatic N) is 1. The number of aryl methyl sites for hydroxylation is 1. The van der Waals surface area contributed by atoms with Crippen molar-refractivity contribution in [3.63, 3.8) is 0 Å². The predicted octanol–water partition coefficient (Wildman–Crippen LogP) is 3.43. The average Bonchev–Trinajstić information content (AvgIpc) is 2.97. The van der Waals surface area contributed by atoms with Gasteiger partial charge in [0.25, 0.3) is 10.0 Å². The third kappa shape index (κ3) is 2.16. The molecule has 102 valence electrons. The zero-order chi connectivity index (χ0) is 13.6. The Kier molecular flexibility index (Phi) is 3.29. The van der Waals surface area contributed by atoms with Crippen molar-refractivity contribution in [1.29, 1.82) is 0 Å². The predicted molar refractivity (Wildman–Crippen MR) is 79.4 cm³/mol. The van der Waals surface area contributed by atoms with Crippen LogP contribution in [0.2, 0.25) is 0 Å². The van der Waals surface area contributed by atoms with Gasteiger partial charge in [-0.15, -0.1) is 22.7 Å². The lowest BCUT2D eigenvalue weighted by Gasteiger charge is -2.32. The minimum atomic E-state index is -3.35. The Balaban J connectivity index is 2.00. The highest BCUT2D eigenvalue weighted by molar-refractivity contribution is 7.91. The lowest BCUT2D eigenvalue weighted by molar-refractivity contribution is 0.330. The first-order valence-electron chi connectivity index (χ1n) is 6.14. The number of rotatable bonds is 2. The van der Waals surface area contributed by atoms with Crippen molar-refractivity contribution < 1.29 is 8.42 Å². The summed E-state index contributed by atoms with van der Waals surface area (Å²) in [5.41, 5.74) is 1.16. The summed E-state index contributed by atoms with van der Waals surface area (Å²) in [6.07, 6.45) is 0.820. The Morgan fingerprint density at radius 3 is 2.79 bits per heavy atom. The lowest BCUT2D eigenvalue weighted by atomic mass is 10.0. The fourth-order valence-electron chi connectivity index (χ4n) is 2.48. The van der Waals surface area contributed by atoms with Crippen LogP contribution in [0.4, 0.5) is 0 Å². The topological polar surface area (TPSA) is 37.4 Å². The summed E-state index contributed by atoms with van der Waals surface area (Å²) in [6.45, 7) is 4.48. The largest absolute Gasteiger partial charge is 0.253 e. The zero-order valence-electron chi connectivity index (χ0n) is 10.8. The van der Waals surface area contributed by atoms with Gasteiger partial charge < -0.3 is 0 Å². The van der Waals surface area contributed by atoms with E-state index in [1.165, 1.54) is 16.2 Å². The van der Waals surface area contributed by atoms with Crippen LogP contribution in [-0.2, 0) is 16.4 Å². The first kappa shape index (κ1) is 13.3. The SMILES string of the molecule is Cc1ccc(S(=O)(=O)N2CCc3sccc3C2C)s1. The van der Waals surface area contributed by atoms with E-state index in [-0.39, 0.29) is 6.04 Å². The van der Waals surface area contributed by atoms with Gasteiger partial charge >= 0.3 is 0 Å². The number of hydrogen-bond donors (Lipinski definition) is 0. The van der Waals surface area contributed by atoms with Crippen LogP contribution in [0.15, 0.2) is 27.8 Å². The van der Waals surface area contributed by atoms with E-state index in [9.17, 15) is 8.42 Å². The third-order valence-electron chi connectivity index (χ3n) is 3.50. The van der Waals surface area contributed by atoms with Gasteiger partial charge in [0.05, 0.1) is 0 Å². The van der Waals surface area contributed by atoms with Crippen molar-refractivity contribution in [2.75, 3.05) is 6.54 Å². The summed E-state index contributed by atoms with van der Waals surface area (Å²) in [7, 11) is -3.35. The van der Waals surface area contributed by atoms with Gasteiger partial charge in [-0.2, -0.15) is 4.31 Å². The van der Waals surface area contributed by atoms with Gasteiger partial charge in [0.15, 0.2) is 0 Å². The van der Waals surface area contributed by atoms with Crippen molar-refractivity contribution >= 4 is 32.7 Å². The fourth-order valence-corrected chi connectivity index (χ4v) is 6.47. The van der Waals surface area contributed by atoms with Crippen LogP contribution in [0.25, 0.3) is 0 Å². The summed E-state index contributed by atoms with van der Waals surface area (Å²) in [5.74, 6) is 0. The minimum absolute atomic E-state index is 0.0672. The van der Waals surface area contributed by atoms with Crippen molar-refractivity contribution in [2.45, 2.75) is 30.5 Å². The van der Waals surface area contributed by atoms with Gasteiger partial charge in [-0.25, -0.2) is 8.42 Å². The fraction of sp³-hybridized carbons (Fsp3) is 0.385. The molecule has 6 heteroatoms. The Morgan fingerprint density at radius 2 is 2.11 bits per heavy atom. The van der Waals surface area contributed by atoms with E-state index < -0.39 is 10.0 Å². The van der Waals surface area contributed by atoms with Crippen LogP contribution in [0.5, 0.6) is 0 Å². The molecular weight excluding hydrogens is 298 g/mol. The van der Waals surface area contributed by atoms with E-state index in [1.807, 2.05) is 31.4 Å². The number of hydrogen-bond acceptors (Lipinski definition) is 4. The first-order valence-corrected chi connectivity index (χ1v) is 9.28. The van der Waals surface area contributed by atoms with Gasteiger partial charge in [0, 0.05) is 22.3 Å². The Labute approximate surface area is 121 Å². The highest BCUT2D eigenvalue weighted by Crippen LogP contribution is 2.37. The molecule has 0 spiro atoms. The van der Waals surface area contributed by atoms with Crippen LogP contribution in [-0.4, -0.2) is 19.3 Å². The maximum Gasteiger partial charge on any atom is 0.253 e. The molecule has 1 aliphatic rings. The highest BCUT2D eigenvalue weighted by atomic mass is 32.2. The molecule has 0 bridgehead atoms. The molecule has 0 aliphatic carbocycles. The molecule has 0 N–H and O–H groups in total. The lowest BCUT2D eigenvalue weighted by Crippen LogP contribution is -2.37. The molecule has 3 nitrogen and oxygen atoms in total. The van der Waals surface area contributed by atoms with Gasteiger partial charge in [-0.3, -0.25) is 0 Å². The van der Waals surface area contributed by atoms with Gasteiger partial charge in [-0.1, -0.05) is 0 Å². The smallest absolute Gasteiger partial charge is 0.206 e.